The van der Waals surface area contributed by atoms with E-state index in [9.17, 15) is 4.79 Å². The summed E-state index contributed by atoms with van der Waals surface area (Å²) >= 11 is 3.24. The Balaban J connectivity index is 1.87. The molecule has 3 rings (SSSR count). The molecule has 1 amide bonds. The maximum absolute atomic E-state index is 12.5. The molecule has 6 nitrogen and oxygen atoms in total. The Hall–Kier alpha value is -2.28. The van der Waals surface area contributed by atoms with E-state index in [1.165, 1.54) is 0 Å². The van der Waals surface area contributed by atoms with Crippen LogP contribution in [-0.2, 0) is 6.54 Å². The lowest BCUT2D eigenvalue weighted by Gasteiger charge is -2.14. The summed E-state index contributed by atoms with van der Waals surface area (Å²) in [6.45, 7) is 0.362. The summed E-state index contributed by atoms with van der Waals surface area (Å²) in [5.41, 5.74) is 7.49. The molecule has 0 bridgehead atoms. The number of furan rings is 1. The number of amides is 1. The zero-order valence-electron chi connectivity index (χ0n) is 11.3. The SMILES string of the molecule is CN(Cc1ccc(Br)o1)C(=O)c1n[nH]c2ccc(N)cc12. The predicted molar refractivity (Wildman–Crippen MR) is 82.7 cm³/mol. The Labute approximate surface area is 129 Å². The van der Waals surface area contributed by atoms with Crippen molar-refractivity contribution in [1.82, 2.24) is 15.1 Å². The number of benzene rings is 1. The van der Waals surface area contributed by atoms with Crippen molar-refractivity contribution in [3.8, 4) is 0 Å². The van der Waals surface area contributed by atoms with E-state index in [4.69, 9.17) is 10.2 Å². The van der Waals surface area contributed by atoms with Gasteiger partial charge < -0.3 is 15.1 Å². The Morgan fingerprint density at radius 3 is 2.95 bits per heavy atom. The van der Waals surface area contributed by atoms with Gasteiger partial charge in [-0.25, -0.2) is 0 Å². The highest BCUT2D eigenvalue weighted by Crippen LogP contribution is 2.21. The topological polar surface area (TPSA) is 88.2 Å². The smallest absolute Gasteiger partial charge is 0.275 e. The molecule has 1 aromatic carbocycles. The number of rotatable bonds is 3. The number of anilines is 1. The molecule has 0 aliphatic rings. The quantitative estimate of drug-likeness (QED) is 0.712. The zero-order chi connectivity index (χ0) is 15.0. The van der Waals surface area contributed by atoms with Gasteiger partial charge in [-0.15, -0.1) is 0 Å². The molecule has 0 aliphatic heterocycles. The van der Waals surface area contributed by atoms with Gasteiger partial charge in [0.05, 0.1) is 12.1 Å². The fourth-order valence-corrected chi connectivity index (χ4v) is 2.46. The van der Waals surface area contributed by atoms with Gasteiger partial charge in [0.15, 0.2) is 10.4 Å². The fraction of sp³-hybridized carbons (Fsp3) is 0.143. The Bertz CT molecular complexity index is 808. The van der Waals surface area contributed by atoms with Crippen molar-refractivity contribution in [1.29, 1.82) is 0 Å². The molecule has 0 spiro atoms. The van der Waals surface area contributed by atoms with Crippen LogP contribution in [0.4, 0.5) is 5.69 Å². The number of H-pyrrole nitrogens is 1. The molecule has 0 radical (unpaired) electrons. The molecule has 2 aromatic heterocycles. The second-order valence-corrected chi connectivity index (χ2v) is 5.53. The number of carbonyl (C=O) groups is 1. The number of nitrogens with two attached hydrogens (primary N) is 1. The van der Waals surface area contributed by atoms with Gasteiger partial charge in [0.2, 0.25) is 0 Å². The number of aromatic amines is 1. The molecule has 108 valence electrons. The van der Waals surface area contributed by atoms with Crippen molar-refractivity contribution in [2.45, 2.75) is 6.54 Å². The van der Waals surface area contributed by atoms with Gasteiger partial charge in [0.25, 0.3) is 5.91 Å². The molecule has 0 fully saturated rings. The number of hydrogen-bond donors (Lipinski definition) is 2. The summed E-state index contributed by atoms with van der Waals surface area (Å²) in [7, 11) is 1.70. The fourth-order valence-electron chi connectivity index (χ4n) is 2.12. The van der Waals surface area contributed by atoms with Gasteiger partial charge in [0.1, 0.15) is 5.76 Å². The second kappa shape index (κ2) is 5.25. The second-order valence-electron chi connectivity index (χ2n) is 4.74. The maximum Gasteiger partial charge on any atom is 0.275 e. The molecule has 0 saturated heterocycles. The van der Waals surface area contributed by atoms with Gasteiger partial charge >= 0.3 is 0 Å². The van der Waals surface area contributed by atoms with Gasteiger partial charge in [-0.1, -0.05) is 0 Å². The van der Waals surface area contributed by atoms with Crippen LogP contribution >= 0.6 is 15.9 Å². The van der Waals surface area contributed by atoms with Crippen LogP contribution < -0.4 is 5.73 Å². The standard InChI is InChI=1S/C14H13BrN4O2/c1-19(7-9-3-5-12(15)21-9)14(20)13-10-6-8(16)2-4-11(10)17-18-13/h2-6H,7,16H2,1H3,(H,17,18). The average molecular weight is 349 g/mol. The molecule has 0 aliphatic carbocycles. The largest absolute Gasteiger partial charge is 0.452 e. The van der Waals surface area contributed by atoms with Crippen molar-refractivity contribution in [3.63, 3.8) is 0 Å². The van der Waals surface area contributed by atoms with Gasteiger partial charge in [-0.2, -0.15) is 5.10 Å². The average Bonchev–Trinajstić information content (AvgIpc) is 3.04. The molecule has 3 N–H and O–H groups in total. The third-order valence-electron chi connectivity index (χ3n) is 3.16. The van der Waals surface area contributed by atoms with Crippen molar-refractivity contribution in [3.05, 3.63) is 46.5 Å². The number of nitrogen functional groups attached to an aromatic ring is 1. The highest BCUT2D eigenvalue weighted by Gasteiger charge is 2.19. The minimum Gasteiger partial charge on any atom is -0.452 e. The van der Waals surface area contributed by atoms with E-state index in [2.05, 4.69) is 26.1 Å². The Morgan fingerprint density at radius 2 is 2.24 bits per heavy atom. The lowest BCUT2D eigenvalue weighted by molar-refractivity contribution is 0.0771. The minimum absolute atomic E-state index is 0.195. The van der Waals surface area contributed by atoms with Crippen LogP contribution in [0.1, 0.15) is 16.2 Å². The Kier molecular flexibility index (Phi) is 3.42. The van der Waals surface area contributed by atoms with E-state index in [0.29, 0.717) is 33.7 Å². The van der Waals surface area contributed by atoms with E-state index in [-0.39, 0.29) is 5.91 Å². The van der Waals surface area contributed by atoms with Gasteiger partial charge in [0, 0.05) is 18.1 Å². The zero-order valence-corrected chi connectivity index (χ0v) is 12.8. The summed E-state index contributed by atoms with van der Waals surface area (Å²) in [6.07, 6.45) is 0. The van der Waals surface area contributed by atoms with Crippen LogP contribution in [0, 0.1) is 0 Å². The van der Waals surface area contributed by atoms with Crippen molar-refractivity contribution >= 4 is 38.4 Å². The van der Waals surface area contributed by atoms with E-state index >= 15 is 0 Å². The number of nitrogens with zero attached hydrogens (tertiary/aromatic N) is 2. The van der Waals surface area contributed by atoms with Crippen LogP contribution in [0.2, 0.25) is 0 Å². The molecule has 2 heterocycles. The summed E-state index contributed by atoms with van der Waals surface area (Å²) in [6, 6.07) is 8.91. The van der Waals surface area contributed by atoms with Crippen LogP contribution in [0.5, 0.6) is 0 Å². The Morgan fingerprint density at radius 1 is 1.43 bits per heavy atom. The molecule has 0 atom stereocenters. The monoisotopic (exact) mass is 348 g/mol. The first-order chi connectivity index (χ1) is 10.0. The first kappa shape index (κ1) is 13.7. The normalized spacial score (nSPS) is 11.0. The lowest BCUT2D eigenvalue weighted by Crippen LogP contribution is -2.26. The number of nitrogens with one attached hydrogen (secondary N) is 1. The first-order valence-corrected chi connectivity index (χ1v) is 7.07. The van der Waals surface area contributed by atoms with E-state index in [1.807, 2.05) is 6.07 Å². The van der Waals surface area contributed by atoms with Crippen LogP contribution in [-0.4, -0.2) is 28.1 Å². The minimum atomic E-state index is -0.195. The number of halogens is 1. The van der Waals surface area contributed by atoms with Crippen LogP contribution in [0.25, 0.3) is 10.9 Å². The number of carbonyl (C=O) groups excluding carboxylic acids is 1. The van der Waals surface area contributed by atoms with E-state index in [1.54, 1.807) is 36.2 Å². The summed E-state index contributed by atoms with van der Waals surface area (Å²) in [5, 5.41) is 7.64. The number of hydrogen-bond acceptors (Lipinski definition) is 4. The number of aromatic nitrogens is 2. The predicted octanol–water partition coefficient (Wildman–Crippen LogP) is 2.77. The molecule has 3 aromatic rings. The molecular weight excluding hydrogens is 336 g/mol. The third-order valence-corrected chi connectivity index (χ3v) is 3.58. The van der Waals surface area contributed by atoms with Crippen LogP contribution in [0.3, 0.4) is 0 Å². The number of fused-ring (bicyclic) bond motifs is 1. The molecule has 7 heteroatoms. The van der Waals surface area contributed by atoms with Gasteiger partial charge in [-0.05, 0) is 46.3 Å². The van der Waals surface area contributed by atoms with Crippen molar-refractivity contribution in [2.24, 2.45) is 0 Å². The van der Waals surface area contributed by atoms with E-state index in [0.717, 1.165) is 5.52 Å². The highest BCUT2D eigenvalue weighted by atomic mass is 79.9. The molecule has 21 heavy (non-hydrogen) atoms. The summed E-state index contributed by atoms with van der Waals surface area (Å²) < 4.78 is 6.04. The van der Waals surface area contributed by atoms with Crippen molar-refractivity contribution in [2.75, 3.05) is 12.8 Å². The van der Waals surface area contributed by atoms with Crippen LogP contribution in [0.15, 0.2) is 39.4 Å². The maximum atomic E-state index is 12.5. The van der Waals surface area contributed by atoms with E-state index < -0.39 is 0 Å². The third kappa shape index (κ3) is 2.64. The molecule has 0 saturated carbocycles. The molecule has 0 unspecified atom stereocenters. The van der Waals surface area contributed by atoms with Crippen molar-refractivity contribution < 1.29 is 9.21 Å². The summed E-state index contributed by atoms with van der Waals surface area (Å²) in [4.78, 5) is 14.0. The highest BCUT2D eigenvalue weighted by molar-refractivity contribution is 9.10. The van der Waals surface area contributed by atoms with Gasteiger partial charge in [-0.3, -0.25) is 9.89 Å². The lowest BCUT2D eigenvalue weighted by atomic mass is 10.2. The molecular formula is C14H13BrN4O2. The first-order valence-electron chi connectivity index (χ1n) is 6.28. The summed E-state index contributed by atoms with van der Waals surface area (Å²) in [5.74, 6) is 0.497.